The fourth-order valence-electron chi connectivity index (χ4n) is 5.12. The van der Waals surface area contributed by atoms with Gasteiger partial charge in [-0.1, -0.05) is 23.7 Å². The van der Waals surface area contributed by atoms with E-state index in [0.717, 1.165) is 36.7 Å². The number of halogens is 1. The minimum absolute atomic E-state index is 0.0767. The van der Waals surface area contributed by atoms with Crippen molar-refractivity contribution >= 4 is 28.5 Å². The number of fused-ring (bicyclic) bond motifs is 1. The van der Waals surface area contributed by atoms with Crippen LogP contribution in [0.5, 0.6) is 5.88 Å². The zero-order valence-electron chi connectivity index (χ0n) is 21.1. The SMILES string of the molecule is Cc1ncc(Cl)cc1C(=O)NC1CCC(Cn2c(=O)n(-c3ccc(OCCO)nc3)c3ccccc32)CC1. The number of hydrogen-bond acceptors (Lipinski definition) is 6. The van der Waals surface area contributed by atoms with E-state index >= 15 is 0 Å². The van der Waals surface area contributed by atoms with Crippen LogP contribution in [-0.2, 0) is 6.54 Å². The van der Waals surface area contributed by atoms with Crippen molar-refractivity contribution in [3.05, 3.63) is 81.6 Å². The van der Waals surface area contributed by atoms with Gasteiger partial charge in [0.05, 0.1) is 45.8 Å². The van der Waals surface area contributed by atoms with Crippen LogP contribution in [0, 0.1) is 12.8 Å². The van der Waals surface area contributed by atoms with Crippen molar-refractivity contribution < 1.29 is 14.6 Å². The maximum atomic E-state index is 13.6. The van der Waals surface area contributed by atoms with Crippen molar-refractivity contribution in [2.24, 2.45) is 5.92 Å². The number of carbonyl (C=O) groups excluding carboxylic acids is 1. The third kappa shape index (κ3) is 5.44. The Labute approximate surface area is 225 Å². The molecule has 0 atom stereocenters. The van der Waals surface area contributed by atoms with Crippen LogP contribution in [0.15, 0.2) is 59.7 Å². The molecule has 0 radical (unpaired) electrons. The van der Waals surface area contributed by atoms with Gasteiger partial charge in [-0.2, -0.15) is 0 Å². The maximum Gasteiger partial charge on any atom is 0.333 e. The van der Waals surface area contributed by atoms with E-state index in [1.54, 1.807) is 35.9 Å². The number of rotatable bonds is 8. The number of imidazole rings is 1. The Morgan fingerprint density at radius 3 is 2.58 bits per heavy atom. The maximum absolute atomic E-state index is 13.6. The standard InChI is InChI=1S/C28H30ClN5O4/c1-18-23(14-20(29)15-30-18)27(36)32-21-8-6-19(7-9-21)17-33-24-4-2-3-5-25(24)34(28(33)37)22-10-11-26(31-16-22)38-13-12-35/h2-5,10-11,14-16,19,21,35H,6-9,12-13,17H2,1H3,(H,32,36). The monoisotopic (exact) mass is 535 g/mol. The summed E-state index contributed by atoms with van der Waals surface area (Å²) in [5.41, 5.74) is 3.38. The molecule has 198 valence electrons. The number of nitrogens with zero attached hydrogens (tertiary/aromatic N) is 4. The van der Waals surface area contributed by atoms with E-state index in [4.69, 9.17) is 21.4 Å². The summed E-state index contributed by atoms with van der Waals surface area (Å²) in [4.78, 5) is 34.8. The van der Waals surface area contributed by atoms with Crippen molar-refractivity contribution in [3.63, 3.8) is 0 Å². The number of para-hydroxylation sites is 2. The molecule has 1 aliphatic carbocycles. The molecule has 0 unspecified atom stereocenters. The second-order valence-electron chi connectivity index (χ2n) is 9.62. The summed E-state index contributed by atoms with van der Waals surface area (Å²) in [6.45, 7) is 2.47. The molecule has 1 fully saturated rings. The third-order valence-electron chi connectivity index (χ3n) is 7.08. The Morgan fingerprint density at radius 1 is 1.11 bits per heavy atom. The van der Waals surface area contributed by atoms with Crippen LogP contribution < -0.4 is 15.7 Å². The Balaban J connectivity index is 1.29. The van der Waals surface area contributed by atoms with Crippen LogP contribution >= 0.6 is 11.6 Å². The highest BCUT2D eigenvalue weighted by molar-refractivity contribution is 6.30. The lowest BCUT2D eigenvalue weighted by atomic mass is 9.85. The molecular formula is C28H30ClN5O4. The molecule has 3 aromatic heterocycles. The van der Waals surface area contributed by atoms with Gasteiger partial charge >= 0.3 is 5.69 Å². The highest BCUT2D eigenvalue weighted by Crippen LogP contribution is 2.28. The molecule has 0 aliphatic heterocycles. The summed E-state index contributed by atoms with van der Waals surface area (Å²) in [7, 11) is 0. The lowest BCUT2D eigenvalue weighted by molar-refractivity contribution is 0.0919. The van der Waals surface area contributed by atoms with Gasteiger partial charge in [0.1, 0.15) is 6.61 Å². The number of benzene rings is 1. The fraction of sp³-hybridized carbons (Fsp3) is 0.357. The zero-order chi connectivity index (χ0) is 26.6. The molecule has 1 amide bonds. The fourth-order valence-corrected chi connectivity index (χ4v) is 5.28. The summed E-state index contributed by atoms with van der Waals surface area (Å²) < 4.78 is 8.86. The van der Waals surface area contributed by atoms with Gasteiger partial charge in [0.25, 0.3) is 5.91 Å². The molecule has 1 aromatic carbocycles. The first-order chi connectivity index (χ1) is 18.4. The average Bonchev–Trinajstić information content (AvgIpc) is 3.21. The number of carbonyl (C=O) groups is 1. The number of amides is 1. The Morgan fingerprint density at radius 2 is 1.87 bits per heavy atom. The minimum atomic E-state index is -0.151. The van der Waals surface area contributed by atoms with Crippen LogP contribution in [0.25, 0.3) is 16.7 Å². The topological polar surface area (TPSA) is 111 Å². The molecule has 1 aliphatic rings. The summed E-state index contributed by atoms with van der Waals surface area (Å²) in [6, 6.07) is 13.0. The van der Waals surface area contributed by atoms with E-state index in [1.807, 2.05) is 28.8 Å². The van der Waals surface area contributed by atoms with Crippen molar-refractivity contribution in [2.45, 2.75) is 45.2 Å². The van der Waals surface area contributed by atoms with Gasteiger partial charge in [0.2, 0.25) is 5.88 Å². The van der Waals surface area contributed by atoms with Crippen molar-refractivity contribution in [1.29, 1.82) is 0 Å². The normalized spacial score (nSPS) is 17.4. The molecule has 5 rings (SSSR count). The zero-order valence-corrected chi connectivity index (χ0v) is 21.9. The predicted molar refractivity (Wildman–Crippen MR) is 145 cm³/mol. The molecule has 3 heterocycles. The molecule has 0 saturated heterocycles. The van der Waals surface area contributed by atoms with Gasteiger partial charge in [-0.05, 0) is 62.8 Å². The van der Waals surface area contributed by atoms with Gasteiger partial charge in [-0.15, -0.1) is 0 Å². The number of pyridine rings is 2. The van der Waals surface area contributed by atoms with Gasteiger partial charge in [0.15, 0.2) is 0 Å². The predicted octanol–water partition coefficient (Wildman–Crippen LogP) is 3.90. The lowest BCUT2D eigenvalue weighted by Gasteiger charge is -2.29. The number of hydrogen-bond donors (Lipinski definition) is 2. The van der Waals surface area contributed by atoms with Gasteiger partial charge in [0, 0.05) is 24.8 Å². The Kier molecular flexibility index (Phi) is 7.76. The summed E-state index contributed by atoms with van der Waals surface area (Å²) >= 11 is 6.03. The van der Waals surface area contributed by atoms with Crippen LogP contribution in [0.3, 0.4) is 0 Å². The molecule has 0 spiro atoms. The van der Waals surface area contributed by atoms with Crippen molar-refractivity contribution in [1.82, 2.24) is 24.4 Å². The van der Waals surface area contributed by atoms with E-state index in [9.17, 15) is 9.59 Å². The second kappa shape index (κ2) is 11.4. The summed E-state index contributed by atoms with van der Waals surface area (Å²) in [5, 5.41) is 12.5. The summed E-state index contributed by atoms with van der Waals surface area (Å²) in [5.74, 6) is 0.564. The number of nitrogens with one attached hydrogen (secondary N) is 1. The number of aliphatic hydroxyl groups excluding tert-OH is 1. The number of ether oxygens (including phenoxy) is 1. The quantitative estimate of drug-likeness (QED) is 0.354. The van der Waals surface area contributed by atoms with Crippen LogP contribution in [0.2, 0.25) is 5.02 Å². The van der Waals surface area contributed by atoms with Gasteiger partial charge < -0.3 is 15.2 Å². The van der Waals surface area contributed by atoms with Crippen LogP contribution in [0.1, 0.15) is 41.7 Å². The third-order valence-corrected chi connectivity index (χ3v) is 7.28. The first kappa shape index (κ1) is 25.9. The lowest BCUT2D eigenvalue weighted by Crippen LogP contribution is -2.39. The molecule has 1 saturated carbocycles. The second-order valence-corrected chi connectivity index (χ2v) is 10.1. The molecule has 38 heavy (non-hydrogen) atoms. The minimum Gasteiger partial charge on any atom is -0.475 e. The number of aliphatic hydroxyl groups is 1. The van der Waals surface area contributed by atoms with E-state index in [-0.39, 0.29) is 30.9 Å². The average molecular weight is 536 g/mol. The van der Waals surface area contributed by atoms with E-state index in [0.29, 0.717) is 40.3 Å². The van der Waals surface area contributed by atoms with Crippen LogP contribution in [0.4, 0.5) is 0 Å². The van der Waals surface area contributed by atoms with Gasteiger partial charge in [-0.25, -0.2) is 9.78 Å². The first-order valence-corrected chi connectivity index (χ1v) is 13.2. The molecule has 0 bridgehead atoms. The summed E-state index contributed by atoms with van der Waals surface area (Å²) in [6.07, 6.45) is 6.64. The van der Waals surface area contributed by atoms with Crippen molar-refractivity contribution in [2.75, 3.05) is 13.2 Å². The van der Waals surface area contributed by atoms with E-state index in [1.165, 1.54) is 6.20 Å². The highest BCUT2D eigenvalue weighted by atomic mass is 35.5. The van der Waals surface area contributed by atoms with Crippen LogP contribution in [-0.4, -0.2) is 49.4 Å². The number of aryl methyl sites for hydroxylation is 1. The molecule has 2 N–H and O–H groups in total. The Hall–Kier alpha value is -3.69. The smallest absolute Gasteiger partial charge is 0.333 e. The van der Waals surface area contributed by atoms with E-state index < -0.39 is 0 Å². The number of aromatic nitrogens is 4. The largest absolute Gasteiger partial charge is 0.475 e. The van der Waals surface area contributed by atoms with E-state index in [2.05, 4.69) is 15.3 Å². The molecule has 9 nitrogen and oxygen atoms in total. The first-order valence-electron chi connectivity index (χ1n) is 12.8. The molecular weight excluding hydrogens is 506 g/mol. The van der Waals surface area contributed by atoms with Crippen molar-refractivity contribution in [3.8, 4) is 11.6 Å². The molecule has 4 aromatic rings. The molecule has 10 heteroatoms. The van der Waals surface area contributed by atoms with Gasteiger partial charge in [-0.3, -0.25) is 18.9 Å². The Bertz CT molecular complexity index is 1490. The highest BCUT2D eigenvalue weighted by Gasteiger charge is 2.25.